The highest BCUT2D eigenvalue weighted by atomic mass is 79.9. The van der Waals surface area contributed by atoms with E-state index in [0.29, 0.717) is 6.04 Å². The summed E-state index contributed by atoms with van der Waals surface area (Å²) in [6.07, 6.45) is 4.91. The van der Waals surface area contributed by atoms with Crippen LogP contribution in [0.2, 0.25) is 5.02 Å². The van der Waals surface area contributed by atoms with Crippen LogP contribution in [0.1, 0.15) is 44.2 Å². The molecule has 1 aromatic rings. The second kappa shape index (κ2) is 7.31. The molecule has 1 aromatic carbocycles. The van der Waals surface area contributed by atoms with Gasteiger partial charge in [0, 0.05) is 15.5 Å². The van der Waals surface area contributed by atoms with Crippen LogP contribution < -0.4 is 5.32 Å². The zero-order valence-corrected chi connectivity index (χ0v) is 12.2. The Morgan fingerprint density at radius 1 is 1.38 bits per heavy atom. The Morgan fingerprint density at radius 2 is 2.12 bits per heavy atom. The molecule has 0 saturated carbocycles. The molecule has 3 heteroatoms. The number of nitrogens with one attached hydrogen (secondary N) is 1. The average Bonchev–Trinajstić information content (AvgIpc) is 2.28. The minimum Gasteiger partial charge on any atom is -0.313 e. The predicted octanol–water partition coefficient (Wildman–Crippen LogP) is 4.94. The molecule has 0 aliphatic carbocycles. The lowest BCUT2D eigenvalue weighted by Gasteiger charge is -2.18. The molecule has 0 aromatic heterocycles. The van der Waals surface area contributed by atoms with Crippen molar-refractivity contribution in [3.05, 3.63) is 33.3 Å². The van der Waals surface area contributed by atoms with Crippen LogP contribution in [0, 0.1) is 0 Å². The van der Waals surface area contributed by atoms with Gasteiger partial charge in [-0.1, -0.05) is 53.7 Å². The van der Waals surface area contributed by atoms with Gasteiger partial charge in [-0.05, 0) is 37.2 Å². The summed E-state index contributed by atoms with van der Waals surface area (Å²) in [6, 6.07) is 6.39. The zero-order valence-electron chi connectivity index (χ0n) is 9.89. The van der Waals surface area contributed by atoms with E-state index in [1.165, 1.54) is 24.8 Å². The quantitative estimate of drug-likeness (QED) is 0.734. The van der Waals surface area contributed by atoms with Crippen LogP contribution in [0.15, 0.2) is 22.7 Å². The van der Waals surface area contributed by atoms with Crippen LogP contribution in [0.3, 0.4) is 0 Å². The van der Waals surface area contributed by atoms with Crippen molar-refractivity contribution in [1.82, 2.24) is 5.32 Å². The van der Waals surface area contributed by atoms with Gasteiger partial charge in [-0.3, -0.25) is 0 Å². The highest BCUT2D eigenvalue weighted by molar-refractivity contribution is 9.10. The van der Waals surface area contributed by atoms with E-state index in [-0.39, 0.29) is 0 Å². The summed E-state index contributed by atoms with van der Waals surface area (Å²) in [4.78, 5) is 0. The number of rotatable bonds is 6. The number of hydrogen-bond donors (Lipinski definition) is 1. The fourth-order valence-corrected chi connectivity index (χ4v) is 2.46. The van der Waals surface area contributed by atoms with Crippen LogP contribution in [0.4, 0.5) is 0 Å². The summed E-state index contributed by atoms with van der Waals surface area (Å²) < 4.78 is 1.09. The average molecular weight is 305 g/mol. The number of unbranched alkanes of at least 4 members (excludes halogenated alkanes) is 2. The first-order valence-electron chi connectivity index (χ1n) is 5.81. The maximum Gasteiger partial charge on any atom is 0.0454 e. The van der Waals surface area contributed by atoms with Gasteiger partial charge in [0.2, 0.25) is 0 Å². The first-order valence-corrected chi connectivity index (χ1v) is 6.98. The predicted molar refractivity (Wildman–Crippen MR) is 75.1 cm³/mol. The van der Waals surface area contributed by atoms with Crippen LogP contribution in [-0.4, -0.2) is 7.05 Å². The molecule has 1 rings (SSSR count). The summed E-state index contributed by atoms with van der Waals surface area (Å²) in [5, 5.41) is 4.19. The normalized spacial score (nSPS) is 12.8. The van der Waals surface area contributed by atoms with Gasteiger partial charge in [0.1, 0.15) is 0 Å². The molecule has 90 valence electrons. The highest BCUT2D eigenvalue weighted by Crippen LogP contribution is 2.29. The molecule has 0 bridgehead atoms. The largest absolute Gasteiger partial charge is 0.313 e. The smallest absolute Gasteiger partial charge is 0.0454 e. The van der Waals surface area contributed by atoms with Gasteiger partial charge >= 0.3 is 0 Å². The first kappa shape index (κ1) is 14.0. The van der Waals surface area contributed by atoms with Crippen molar-refractivity contribution in [2.24, 2.45) is 0 Å². The van der Waals surface area contributed by atoms with E-state index in [0.717, 1.165) is 15.9 Å². The van der Waals surface area contributed by atoms with Crippen molar-refractivity contribution in [1.29, 1.82) is 0 Å². The monoisotopic (exact) mass is 303 g/mol. The first-order chi connectivity index (χ1) is 7.69. The lowest BCUT2D eigenvalue weighted by molar-refractivity contribution is 0.512. The number of halogens is 2. The third kappa shape index (κ3) is 4.08. The molecular weight excluding hydrogens is 286 g/mol. The molecule has 0 spiro atoms. The fourth-order valence-electron chi connectivity index (χ4n) is 1.84. The molecule has 16 heavy (non-hydrogen) atoms. The fraction of sp³-hybridized carbons (Fsp3) is 0.538. The van der Waals surface area contributed by atoms with E-state index in [9.17, 15) is 0 Å². The summed E-state index contributed by atoms with van der Waals surface area (Å²) in [7, 11) is 1.99. The summed E-state index contributed by atoms with van der Waals surface area (Å²) in [6.45, 7) is 2.22. The minimum atomic E-state index is 0.358. The molecule has 1 unspecified atom stereocenters. The Balaban J connectivity index is 2.73. The SMILES string of the molecule is CCCCCC(NC)c1cc(Br)ccc1Cl. The van der Waals surface area contributed by atoms with E-state index >= 15 is 0 Å². The molecule has 0 radical (unpaired) electrons. The maximum atomic E-state index is 6.22. The lowest BCUT2D eigenvalue weighted by Crippen LogP contribution is -2.16. The van der Waals surface area contributed by atoms with Crippen LogP contribution in [-0.2, 0) is 0 Å². The number of hydrogen-bond acceptors (Lipinski definition) is 1. The lowest BCUT2D eigenvalue weighted by atomic mass is 10.0. The number of benzene rings is 1. The standard InChI is InChI=1S/C13H19BrClN/c1-3-4-5-6-13(16-2)11-9-10(14)7-8-12(11)15/h7-9,13,16H,3-6H2,1-2H3. The summed E-state index contributed by atoms with van der Waals surface area (Å²) >= 11 is 9.71. The molecule has 0 heterocycles. The van der Waals surface area contributed by atoms with Crippen LogP contribution >= 0.6 is 27.5 Å². The second-order valence-corrected chi connectivity index (χ2v) is 5.33. The Bertz CT molecular complexity index is 328. The molecule has 0 fully saturated rings. The van der Waals surface area contributed by atoms with Gasteiger partial charge in [0.15, 0.2) is 0 Å². The van der Waals surface area contributed by atoms with Crippen LogP contribution in [0.5, 0.6) is 0 Å². The second-order valence-electron chi connectivity index (χ2n) is 4.00. The molecule has 0 saturated heterocycles. The van der Waals surface area contributed by atoms with E-state index in [4.69, 9.17) is 11.6 Å². The maximum absolute atomic E-state index is 6.22. The highest BCUT2D eigenvalue weighted by Gasteiger charge is 2.12. The molecule has 1 N–H and O–H groups in total. The van der Waals surface area contributed by atoms with Crippen molar-refractivity contribution in [2.45, 2.75) is 38.6 Å². The van der Waals surface area contributed by atoms with E-state index in [1.807, 2.05) is 19.2 Å². The Morgan fingerprint density at radius 3 is 2.75 bits per heavy atom. The minimum absolute atomic E-state index is 0.358. The third-order valence-corrected chi connectivity index (χ3v) is 3.62. The van der Waals surface area contributed by atoms with Gasteiger partial charge in [-0.2, -0.15) is 0 Å². The Hall–Kier alpha value is -0.0500. The topological polar surface area (TPSA) is 12.0 Å². The molecule has 0 aliphatic rings. The molecular formula is C13H19BrClN. The molecule has 0 amide bonds. The van der Waals surface area contributed by atoms with Crippen molar-refractivity contribution >= 4 is 27.5 Å². The van der Waals surface area contributed by atoms with E-state index in [1.54, 1.807) is 0 Å². The van der Waals surface area contributed by atoms with Crippen molar-refractivity contribution < 1.29 is 0 Å². The van der Waals surface area contributed by atoms with Gasteiger partial charge in [0.25, 0.3) is 0 Å². The van der Waals surface area contributed by atoms with Crippen molar-refractivity contribution in [3.63, 3.8) is 0 Å². The molecule has 1 nitrogen and oxygen atoms in total. The van der Waals surface area contributed by atoms with E-state index in [2.05, 4.69) is 34.2 Å². The Labute approximate surface area is 112 Å². The Kier molecular flexibility index (Phi) is 6.40. The van der Waals surface area contributed by atoms with Gasteiger partial charge in [-0.25, -0.2) is 0 Å². The van der Waals surface area contributed by atoms with Gasteiger partial charge in [-0.15, -0.1) is 0 Å². The van der Waals surface area contributed by atoms with Gasteiger partial charge < -0.3 is 5.32 Å². The van der Waals surface area contributed by atoms with Crippen molar-refractivity contribution in [2.75, 3.05) is 7.05 Å². The summed E-state index contributed by atoms with van der Waals surface area (Å²) in [5.41, 5.74) is 1.19. The third-order valence-electron chi connectivity index (χ3n) is 2.78. The molecule has 0 aliphatic heterocycles. The van der Waals surface area contributed by atoms with Crippen molar-refractivity contribution in [3.8, 4) is 0 Å². The zero-order chi connectivity index (χ0) is 12.0. The van der Waals surface area contributed by atoms with Gasteiger partial charge in [0.05, 0.1) is 0 Å². The van der Waals surface area contributed by atoms with Crippen LogP contribution in [0.25, 0.3) is 0 Å². The molecule has 1 atom stereocenters. The summed E-state index contributed by atoms with van der Waals surface area (Å²) in [5.74, 6) is 0. The van der Waals surface area contributed by atoms with E-state index < -0.39 is 0 Å².